The lowest BCUT2D eigenvalue weighted by Crippen LogP contribution is -2.43. The molecule has 1 heterocycles. The summed E-state index contributed by atoms with van der Waals surface area (Å²) in [5.74, 6) is 0.964. The van der Waals surface area contributed by atoms with Gasteiger partial charge >= 0.3 is 6.09 Å². The number of halogens is 1. The van der Waals surface area contributed by atoms with E-state index in [1.165, 1.54) is 0 Å². The van der Waals surface area contributed by atoms with E-state index < -0.39 is 5.60 Å². The predicted molar refractivity (Wildman–Crippen MR) is 65.6 cm³/mol. The molecule has 0 aliphatic carbocycles. The number of nitrogens with zero attached hydrogens (tertiary/aromatic N) is 1. The molecule has 0 aromatic carbocycles. The van der Waals surface area contributed by atoms with Gasteiger partial charge in [-0.2, -0.15) is 0 Å². The fourth-order valence-corrected chi connectivity index (χ4v) is 2.07. The van der Waals surface area contributed by atoms with E-state index >= 15 is 0 Å². The fraction of sp³-hybridized carbons (Fsp3) is 0.833. The summed E-state index contributed by atoms with van der Waals surface area (Å²) in [6.45, 7) is 7.19. The number of hydrogen-bond acceptors (Lipinski definition) is 2. The number of carbonyl (C=O) groups is 1. The first-order valence-electron chi connectivity index (χ1n) is 5.79. The molecule has 0 saturated carbocycles. The third kappa shape index (κ3) is 4.60. The van der Waals surface area contributed by atoms with Crippen molar-refractivity contribution in [3.63, 3.8) is 0 Å². The van der Waals surface area contributed by atoms with Crippen LogP contribution in [0.3, 0.4) is 0 Å². The largest absolute Gasteiger partial charge is 0.444 e. The average molecular weight is 247 g/mol. The average Bonchev–Trinajstić information content (AvgIpc) is 2.16. The van der Waals surface area contributed by atoms with Crippen molar-refractivity contribution < 1.29 is 9.53 Å². The number of ether oxygens (including phenoxy) is 1. The first-order valence-corrected chi connectivity index (χ1v) is 6.33. The summed E-state index contributed by atoms with van der Waals surface area (Å²) in [5, 5.41) is 0. The van der Waals surface area contributed by atoms with Gasteiger partial charge in [-0.3, -0.25) is 0 Å². The van der Waals surface area contributed by atoms with Crippen molar-refractivity contribution in [3.05, 3.63) is 6.42 Å². The molecule has 0 bridgehead atoms. The van der Waals surface area contributed by atoms with E-state index in [1.54, 1.807) is 4.90 Å². The van der Waals surface area contributed by atoms with Gasteiger partial charge in [-0.05, 0) is 46.0 Å². The molecule has 1 fully saturated rings. The molecule has 1 rings (SSSR count). The molecule has 0 spiro atoms. The van der Waals surface area contributed by atoms with Gasteiger partial charge in [0.05, 0.1) is 0 Å². The highest BCUT2D eigenvalue weighted by Crippen LogP contribution is 2.21. The van der Waals surface area contributed by atoms with Crippen molar-refractivity contribution in [1.29, 1.82) is 0 Å². The van der Waals surface area contributed by atoms with E-state index in [2.05, 4.69) is 6.42 Å². The maximum absolute atomic E-state index is 11.8. The molecule has 1 aliphatic heterocycles. The summed E-state index contributed by atoms with van der Waals surface area (Å²) < 4.78 is 5.34. The molecule has 1 radical (unpaired) electrons. The Morgan fingerprint density at radius 1 is 1.56 bits per heavy atom. The second-order valence-corrected chi connectivity index (χ2v) is 5.53. The zero-order valence-electron chi connectivity index (χ0n) is 10.3. The summed E-state index contributed by atoms with van der Waals surface area (Å²) in [7, 11) is 0. The predicted octanol–water partition coefficient (Wildman–Crippen LogP) is 3.08. The van der Waals surface area contributed by atoms with Gasteiger partial charge in [-0.15, -0.1) is 11.6 Å². The van der Waals surface area contributed by atoms with Gasteiger partial charge in [0.2, 0.25) is 0 Å². The van der Waals surface area contributed by atoms with Crippen LogP contribution >= 0.6 is 11.6 Å². The van der Waals surface area contributed by atoms with E-state index in [0.29, 0.717) is 11.8 Å². The third-order valence-corrected chi connectivity index (χ3v) is 2.71. The SMILES string of the molecule is CC(C)(C)OC(=O)N1CCCC([CH]CCl)C1. The van der Waals surface area contributed by atoms with Gasteiger partial charge in [-0.1, -0.05) is 0 Å². The minimum Gasteiger partial charge on any atom is -0.444 e. The summed E-state index contributed by atoms with van der Waals surface area (Å²) >= 11 is 5.68. The highest BCUT2D eigenvalue weighted by Gasteiger charge is 2.27. The first-order chi connectivity index (χ1) is 7.42. The summed E-state index contributed by atoms with van der Waals surface area (Å²) in [5.41, 5.74) is -0.416. The maximum atomic E-state index is 11.8. The van der Waals surface area contributed by atoms with Crippen molar-refractivity contribution in [2.24, 2.45) is 5.92 Å². The highest BCUT2D eigenvalue weighted by atomic mass is 35.5. The van der Waals surface area contributed by atoms with Gasteiger partial charge in [0.1, 0.15) is 5.60 Å². The first kappa shape index (κ1) is 13.6. The van der Waals surface area contributed by atoms with Gasteiger partial charge in [0, 0.05) is 19.0 Å². The molecular weight excluding hydrogens is 226 g/mol. The highest BCUT2D eigenvalue weighted by molar-refractivity contribution is 6.18. The number of carbonyl (C=O) groups excluding carboxylic acids is 1. The number of likely N-dealkylation sites (tertiary alicyclic amines) is 1. The van der Waals surface area contributed by atoms with Crippen LogP contribution in [0.5, 0.6) is 0 Å². The van der Waals surface area contributed by atoms with Crippen LogP contribution in [0, 0.1) is 12.3 Å². The Kier molecular flexibility index (Phi) is 4.90. The van der Waals surface area contributed by atoms with Gasteiger partial charge < -0.3 is 9.64 Å². The van der Waals surface area contributed by atoms with Crippen LogP contribution in [-0.4, -0.2) is 35.6 Å². The Morgan fingerprint density at radius 2 is 2.25 bits per heavy atom. The Labute approximate surface area is 103 Å². The third-order valence-electron chi connectivity index (χ3n) is 2.53. The smallest absolute Gasteiger partial charge is 0.410 e. The van der Waals surface area contributed by atoms with Crippen molar-refractivity contribution >= 4 is 17.7 Å². The monoisotopic (exact) mass is 246 g/mol. The summed E-state index contributed by atoms with van der Waals surface area (Å²) in [6, 6.07) is 0. The molecule has 1 amide bonds. The van der Waals surface area contributed by atoms with Gasteiger partial charge in [0.15, 0.2) is 0 Å². The number of rotatable bonds is 2. The molecule has 1 saturated heterocycles. The van der Waals surface area contributed by atoms with Crippen LogP contribution in [0.4, 0.5) is 4.79 Å². The fourth-order valence-electron chi connectivity index (χ4n) is 1.82. The molecule has 0 aromatic rings. The molecule has 1 atom stereocenters. The molecule has 0 aromatic heterocycles. The van der Waals surface area contributed by atoms with Crippen LogP contribution in [0.25, 0.3) is 0 Å². The lowest BCUT2D eigenvalue weighted by molar-refractivity contribution is 0.0181. The zero-order valence-corrected chi connectivity index (χ0v) is 11.1. The lowest BCUT2D eigenvalue weighted by Gasteiger charge is -2.33. The molecule has 3 nitrogen and oxygen atoms in total. The molecule has 1 aliphatic rings. The van der Waals surface area contributed by atoms with E-state index in [0.717, 1.165) is 25.9 Å². The van der Waals surface area contributed by atoms with Crippen molar-refractivity contribution in [2.75, 3.05) is 19.0 Å². The van der Waals surface area contributed by atoms with Crippen molar-refractivity contribution in [2.45, 2.75) is 39.2 Å². The van der Waals surface area contributed by atoms with Gasteiger partial charge in [0.25, 0.3) is 0 Å². The van der Waals surface area contributed by atoms with Crippen LogP contribution in [0.15, 0.2) is 0 Å². The second-order valence-electron chi connectivity index (χ2n) is 5.22. The Hall–Kier alpha value is -0.440. The number of amides is 1. The number of hydrogen-bond donors (Lipinski definition) is 0. The minimum absolute atomic E-state index is 0.208. The van der Waals surface area contributed by atoms with Crippen molar-refractivity contribution in [3.8, 4) is 0 Å². The maximum Gasteiger partial charge on any atom is 0.410 e. The minimum atomic E-state index is -0.416. The number of alkyl halides is 1. The van der Waals surface area contributed by atoms with E-state index in [9.17, 15) is 4.79 Å². The standard InChI is InChI=1S/C12H21ClNO2/c1-12(2,3)16-11(15)14-8-4-5-10(9-14)6-7-13/h6,10H,4-5,7-9H2,1-3H3. The molecule has 93 valence electrons. The summed E-state index contributed by atoms with van der Waals surface area (Å²) in [6.07, 6.45) is 4.00. The lowest BCUT2D eigenvalue weighted by atomic mass is 9.96. The quantitative estimate of drug-likeness (QED) is 0.701. The van der Waals surface area contributed by atoms with Crippen LogP contribution in [-0.2, 0) is 4.74 Å². The Balaban J connectivity index is 2.44. The Morgan fingerprint density at radius 3 is 2.81 bits per heavy atom. The number of piperidine rings is 1. The summed E-state index contributed by atoms with van der Waals surface area (Å²) in [4.78, 5) is 13.6. The topological polar surface area (TPSA) is 29.5 Å². The van der Waals surface area contributed by atoms with Crippen LogP contribution < -0.4 is 0 Å². The second kappa shape index (κ2) is 5.76. The molecule has 4 heteroatoms. The van der Waals surface area contributed by atoms with E-state index in [-0.39, 0.29) is 6.09 Å². The molecular formula is C12H21ClNO2. The van der Waals surface area contributed by atoms with Crippen molar-refractivity contribution in [1.82, 2.24) is 4.90 Å². The van der Waals surface area contributed by atoms with Crippen LogP contribution in [0.2, 0.25) is 0 Å². The molecule has 16 heavy (non-hydrogen) atoms. The zero-order chi connectivity index (χ0) is 12.2. The molecule has 1 unspecified atom stereocenters. The van der Waals surface area contributed by atoms with Crippen LogP contribution in [0.1, 0.15) is 33.6 Å². The molecule has 0 N–H and O–H groups in total. The normalized spacial score (nSPS) is 22.0. The van der Waals surface area contributed by atoms with E-state index in [1.807, 2.05) is 20.8 Å². The van der Waals surface area contributed by atoms with E-state index in [4.69, 9.17) is 16.3 Å². The Bertz CT molecular complexity index is 236. The van der Waals surface area contributed by atoms with Gasteiger partial charge in [-0.25, -0.2) is 4.79 Å².